The Bertz CT molecular complexity index is 1120. The number of Topliss-reactive ketones (excluding diaryl/α,β-unsaturated/α-hetero) is 1. The first-order chi connectivity index (χ1) is 26.4. The number of carbonyl (C=O) groups excluding carboxylic acids is 6. The van der Waals surface area contributed by atoms with Crippen LogP contribution in [-0.4, -0.2) is 119 Å². The van der Waals surface area contributed by atoms with Crippen LogP contribution in [-0.2, 0) is 33.3 Å². The highest BCUT2D eigenvalue weighted by Gasteiger charge is 2.27. The highest BCUT2D eigenvalue weighted by atomic mass is 16.6. The molecular formula is C39H71N5O11. The Kier molecular flexibility index (Phi) is 27.2. The lowest BCUT2D eigenvalue weighted by Gasteiger charge is -2.35. The smallest absolute Gasteiger partial charge is 0.407 e. The van der Waals surface area contributed by atoms with Crippen molar-refractivity contribution in [3.05, 3.63) is 0 Å². The number of ether oxygens (including phenoxy) is 5. The average Bonchev–Trinajstić information content (AvgIpc) is 3.17. The van der Waals surface area contributed by atoms with Crippen LogP contribution in [0.4, 0.5) is 19.2 Å². The van der Waals surface area contributed by atoms with Gasteiger partial charge in [-0.1, -0.05) is 46.5 Å². The van der Waals surface area contributed by atoms with Crippen LogP contribution in [0.15, 0.2) is 0 Å². The molecule has 0 saturated carbocycles. The first-order valence-corrected chi connectivity index (χ1v) is 20.4. The van der Waals surface area contributed by atoms with Crippen molar-refractivity contribution in [2.24, 2.45) is 11.3 Å². The number of nitrogens with zero attached hydrogens (tertiary/aromatic N) is 1. The molecule has 5 amide bonds. The van der Waals surface area contributed by atoms with Gasteiger partial charge >= 0.3 is 30.3 Å². The van der Waals surface area contributed by atoms with Crippen LogP contribution in [0.2, 0.25) is 0 Å². The summed E-state index contributed by atoms with van der Waals surface area (Å²) < 4.78 is 25.9. The molecule has 318 valence electrons. The zero-order valence-corrected chi connectivity index (χ0v) is 34.3. The summed E-state index contributed by atoms with van der Waals surface area (Å²) in [6, 6.07) is -0.0685. The number of amides is 5. The van der Waals surface area contributed by atoms with Gasteiger partial charge in [0.05, 0.1) is 18.6 Å². The van der Waals surface area contributed by atoms with E-state index in [-0.39, 0.29) is 69.4 Å². The second-order valence-corrected chi connectivity index (χ2v) is 14.6. The number of piperidine rings is 1. The van der Waals surface area contributed by atoms with Crippen LogP contribution >= 0.6 is 0 Å². The fraction of sp³-hybridized carbons (Fsp3) is 0.846. The summed E-state index contributed by atoms with van der Waals surface area (Å²) in [5.74, 6) is -0.296. The number of nitrogens with one attached hydrogen (secondary N) is 4. The van der Waals surface area contributed by atoms with Gasteiger partial charge in [-0.05, 0) is 71.6 Å². The molecule has 16 heteroatoms. The van der Waals surface area contributed by atoms with Crippen LogP contribution in [0.3, 0.4) is 0 Å². The fourth-order valence-electron chi connectivity index (χ4n) is 5.43. The lowest BCUT2D eigenvalue weighted by Crippen LogP contribution is -2.49. The number of esters is 1. The molecular weight excluding hydrogens is 714 g/mol. The number of rotatable bonds is 29. The van der Waals surface area contributed by atoms with Crippen molar-refractivity contribution in [3.8, 4) is 0 Å². The van der Waals surface area contributed by atoms with Gasteiger partial charge < -0.3 is 49.9 Å². The highest BCUT2D eigenvalue weighted by molar-refractivity contribution is 5.81. The Labute approximate surface area is 328 Å². The largest absolute Gasteiger partial charge is 0.462 e. The number of likely N-dealkylation sites (tertiary alicyclic amines) is 1. The molecule has 55 heavy (non-hydrogen) atoms. The molecule has 1 aliphatic heterocycles. The van der Waals surface area contributed by atoms with Gasteiger partial charge in [0.15, 0.2) is 5.78 Å². The van der Waals surface area contributed by atoms with E-state index >= 15 is 0 Å². The van der Waals surface area contributed by atoms with Crippen molar-refractivity contribution in [3.63, 3.8) is 0 Å². The molecule has 0 aromatic heterocycles. The number of hydrogen-bond donors (Lipinski definition) is 4. The van der Waals surface area contributed by atoms with Crippen molar-refractivity contribution in [2.75, 3.05) is 72.4 Å². The Hall–Kier alpha value is -3.82. The minimum atomic E-state index is -0.556. The van der Waals surface area contributed by atoms with E-state index in [2.05, 4.69) is 21.3 Å². The predicted octanol–water partition coefficient (Wildman–Crippen LogP) is 5.85. The van der Waals surface area contributed by atoms with Crippen molar-refractivity contribution >= 4 is 36.1 Å². The molecule has 0 radical (unpaired) electrons. The summed E-state index contributed by atoms with van der Waals surface area (Å²) in [6.45, 7) is 12.6. The number of hydrogen-bond acceptors (Lipinski definition) is 11. The van der Waals surface area contributed by atoms with Gasteiger partial charge in [-0.15, -0.1) is 0 Å². The molecule has 4 N–H and O–H groups in total. The molecule has 0 bridgehead atoms. The summed E-state index contributed by atoms with van der Waals surface area (Å²) in [5, 5.41) is 11.2. The van der Waals surface area contributed by atoms with E-state index in [0.29, 0.717) is 45.6 Å². The molecule has 2 atom stereocenters. The quantitative estimate of drug-likeness (QED) is 0.0403. The molecule has 0 aromatic carbocycles. The Morgan fingerprint density at radius 1 is 0.655 bits per heavy atom. The van der Waals surface area contributed by atoms with Crippen molar-refractivity contribution in [1.82, 2.24) is 26.2 Å². The van der Waals surface area contributed by atoms with Gasteiger partial charge in [0.1, 0.15) is 26.4 Å². The van der Waals surface area contributed by atoms with Gasteiger partial charge in [0.2, 0.25) is 0 Å². The van der Waals surface area contributed by atoms with Gasteiger partial charge in [-0.25, -0.2) is 19.2 Å². The fourth-order valence-corrected chi connectivity index (χ4v) is 5.43. The van der Waals surface area contributed by atoms with E-state index in [0.717, 1.165) is 77.0 Å². The Morgan fingerprint density at radius 2 is 1.15 bits per heavy atom. The maximum absolute atomic E-state index is 12.9. The second kappa shape index (κ2) is 30.4. The zero-order valence-electron chi connectivity index (χ0n) is 34.3. The molecule has 1 heterocycles. The van der Waals surface area contributed by atoms with Crippen LogP contribution in [0.5, 0.6) is 0 Å². The minimum absolute atomic E-state index is 0.00230. The number of carbonyl (C=O) groups is 6. The first-order valence-electron chi connectivity index (χ1n) is 20.4. The zero-order chi connectivity index (χ0) is 40.7. The Morgan fingerprint density at radius 3 is 1.67 bits per heavy atom. The topological polar surface area (TPSA) is 200 Å². The standard InChI is InChI=1S/C39H71N5O11/c1-6-31(3)33(45)30-51-26-27-54-37(49)42-22-14-9-8-13-20-40-35(47)44-24-17-12-18-32(44)19-25-53-36(48)41-21-15-10-11-16-23-43-38(50)55-29-28-52-34(46)39(4,5)7-2/h31-32H,6-30H2,1-5H3,(H,40,47)(H,41,48)(H,42,49)(H,43,50). The monoisotopic (exact) mass is 786 g/mol. The van der Waals surface area contributed by atoms with Crippen LogP contribution in [0.25, 0.3) is 0 Å². The molecule has 16 nitrogen and oxygen atoms in total. The summed E-state index contributed by atoms with van der Waals surface area (Å²) in [7, 11) is 0. The summed E-state index contributed by atoms with van der Waals surface area (Å²) >= 11 is 0. The molecule has 1 fully saturated rings. The lowest BCUT2D eigenvalue weighted by atomic mass is 9.91. The highest BCUT2D eigenvalue weighted by Crippen LogP contribution is 2.21. The molecule has 2 unspecified atom stereocenters. The SMILES string of the molecule is CCC(C)C(=O)COCCOC(=O)NCCCCCCNC(=O)N1CCCCC1CCOC(=O)NCCCCCCNC(=O)OCCOC(=O)C(C)(C)CC. The third kappa shape index (κ3) is 24.3. The Balaban J connectivity index is 2.03. The third-order valence-corrected chi connectivity index (χ3v) is 9.72. The van der Waals surface area contributed by atoms with E-state index in [1.807, 2.05) is 39.5 Å². The molecule has 0 spiro atoms. The van der Waals surface area contributed by atoms with Crippen LogP contribution in [0, 0.1) is 11.3 Å². The predicted molar refractivity (Wildman–Crippen MR) is 208 cm³/mol. The van der Waals surface area contributed by atoms with E-state index in [4.69, 9.17) is 23.7 Å². The van der Waals surface area contributed by atoms with Gasteiger partial charge in [0, 0.05) is 51.1 Å². The molecule has 1 saturated heterocycles. The van der Waals surface area contributed by atoms with E-state index in [1.165, 1.54) is 0 Å². The van der Waals surface area contributed by atoms with Crippen LogP contribution in [0.1, 0.15) is 125 Å². The van der Waals surface area contributed by atoms with Crippen molar-refractivity contribution in [1.29, 1.82) is 0 Å². The number of alkyl carbamates (subject to hydrolysis) is 3. The first kappa shape index (κ1) is 49.2. The molecule has 1 rings (SSSR count). The maximum atomic E-state index is 12.9. The molecule has 0 aromatic rings. The molecule has 1 aliphatic rings. The summed E-state index contributed by atoms with van der Waals surface area (Å²) in [5.41, 5.74) is -0.556. The van der Waals surface area contributed by atoms with Gasteiger partial charge in [-0.3, -0.25) is 9.59 Å². The number of ketones is 1. The lowest BCUT2D eigenvalue weighted by molar-refractivity contribution is -0.155. The summed E-state index contributed by atoms with van der Waals surface area (Å²) in [4.78, 5) is 74.1. The average molecular weight is 786 g/mol. The van der Waals surface area contributed by atoms with Gasteiger partial charge in [-0.2, -0.15) is 0 Å². The maximum Gasteiger partial charge on any atom is 0.407 e. The normalized spacial score (nSPS) is 14.6. The van der Waals surface area contributed by atoms with Crippen LogP contribution < -0.4 is 21.3 Å². The van der Waals surface area contributed by atoms with E-state index in [1.54, 1.807) is 0 Å². The van der Waals surface area contributed by atoms with Crippen molar-refractivity contribution in [2.45, 2.75) is 131 Å². The second-order valence-electron chi connectivity index (χ2n) is 14.6. The van der Waals surface area contributed by atoms with Gasteiger partial charge in [0.25, 0.3) is 0 Å². The van der Waals surface area contributed by atoms with Crippen molar-refractivity contribution < 1.29 is 52.5 Å². The van der Waals surface area contributed by atoms with E-state index in [9.17, 15) is 28.8 Å². The molecule has 0 aliphatic carbocycles. The number of urea groups is 1. The third-order valence-electron chi connectivity index (χ3n) is 9.72. The number of unbranched alkanes of at least 4 members (excludes halogenated alkanes) is 6. The van der Waals surface area contributed by atoms with E-state index < -0.39 is 23.7 Å². The summed E-state index contributed by atoms with van der Waals surface area (Å²) in [6.07, 6.45) is 10.1. The minimum Gasteiger partial charge on any atom is -0.462 e.